The summed E-state index contributed by atoms with van der Waals surface area (Å²) in [5.74, 6) is -7.36. The van der Waals surface area contributed by atoms with Gasteiger partial charge in [0.05, 0.1) is 57.3 Å². The van der Waals surface area contributed by atoms with Gasteiger partial charge in [-0.05, 0) is 19.3 Å². The molecule has 3 amide bonds. The van der Waals surface area contributed by atoms with Crippen LogP contribution in [0.15, 0.2) is 12.2 Å². The monoisotopic (exact) mass is 1380 g/mol. The van der Waals surface area contributed by atoms with Crippen LogP contribution < -0.4 is 16.0 Å². The van der Waals surface area contributed by atoms with Gasteiger partial charge in [0, 0.05) is 26.7 Å². The fraction of sp³-hybridized carbons (Fsp3) is 0.910. The second-order valence-corrected chi connectivity index (χ2v) is 26.5. The largest absolute Gasteiger partial charge is 0.477 e. The highest BCUT2D eigenvalue weighted by Crippen LogP contribution is 2.40. The number of aliphatic carboxylic acids is 1. The van der Waals surface area contributed by atoms with E-state index in [1.54, 1.807) is 6.08 Å². The van der Waals surface area contributed by atoms with Gasteiger partial charge in [-0.25, -0.2) is 4.79 Å². The minimum Gasteiger partial charge on any atom is -0.477 e. The highest BCUT2D eigenvalue weighted by atomic mass is 16.8. The number of unbranched alkanes of at least 4 members (excludes halogenated alkanes) is 25. The van der Waals surface area contributed by atoms with Crippen molar-refractivity contribution in [2.75, 3.05) is 33.0 Å². The second-order valence-electron chi connectivity index (χ2n) is 26.5. The second kappa shape index (κ2) is 46.3. The summed E-state index contributed by atoms with van der Waals surface area (Å²) in [6, 6.07) is -4.52. The van der Waals surface area contributed by atoms with Crippen molar-refractivity contribution in [2.45, 2.75) is 354 Å². The number of nitrogens with one attached hydrogen (secondary N) is 3. The van der Waals surface area contributed by atoms with E-state index in [2.05, 4.69) is 29.8 Å². The zero-order valence-electron chi connectivity index (χ0n) is 57.1. The molecule has 0 saturated carbocycles. The summed E-state index contributed by atoms with van der Waals surface area (Å²) >= 11 is 0. The van der Waals surface area contributed by atoms with E-state index in [1.165, 1.54) is 109 Å². The topological polar surface area (TPSA) is 461 Å². The Hall–Kier alpha value is -3.22. The Labute approximate surface area is 565 Å². The molecule has 0 aromatic heterocycles. The quantitative estimate of drug-likeness (QED) is 0.0300. The molecule has 29 heteroatoms. The predicted octanol–water partition coefficient (Wildman–Crippen LogP) is 1.13. The Bertz CT molecular complexity index is 2180. The maximum Gasteiger partial charge on any atom is 0.364 e. The van der Waals surface area contributed by atoms with Gasteiger partial charge in [-0.2, -0.15) is 0 Å². The third-order valence-corrected chi connectivity index (χ3v) is 18.5. The van der Waals surface area contributed by atoms with Gasteiger partial charge in [0.1, 0.15) is 91.5 Å². The van der Waals surface area contributed by atoms with Crippen molar-refractivity contribution in [3.05, 3.63) is 12.2 Å². The molecule has 4 saturated heterocycles. The molecule has 4 aliphatic rings. The number of ether oxygens (including phenoxy) is 8. The number of hydrogen-bond donors (Lipinski definition) is 17. The molecule has 560 valence electrons. The number of carboxylic acid groups (broad SMARTS) is 1. The normalized spacial score (nSPS) is 32.3. The van der Waals surface area contributed by atoms with E-state index in [9.17, 15) is 90.7 Å². The molecule has 0 spiro atoms. The summed E-state index contributed by atoms with van der Waals surface area (Å²) in [7, 11) is 0. The summed E-state index contributed by atoms with van der Waals surface area (Å²) in [5, 5.41) is 163. The molecule has 17 N–H and O–H groups in total. The molecule has 23 atom stereocenters. The van der Waals surface area contributed by atoms with Crippen molar-refractivity contribution in [2.24, 2.45) is 0 Å². The third kappa shape index (κ3) is 27.6. The Morgan fingerprint density at radius 3 is 1.51 bits per heavy atom. The average Bonchev–Trinajstić information content (AvgIpc) is 0.761. The number of allylic oxidation sites excluding steroid dienone is 1. The first-order valence-electron chi connectivity index (χ1n) is 35.6. The van der Waals surface area contributed by atoms with Gasteiger partial charge in [0.2, 0.25) is 17.7 Å². The number of carbonyl (C=O) groups excluding carboxylic acids is 3. The molecular formula is C67H121N3O26. The predicted molar refractivity (Wildman–Crippen MR) is 346 cm³/mol. The SMILES string of the molecule is CCCCCCCCCCCCC/C=C/[C@@H](O)[C@H](CO[C@@H]1OC(CO)[C@@H](O[C@@H]2OC(CO)[C@H](O[C@@H]3OC(CO)[C@H](O)[C@H](O)C3NC(C)=O)[C@H](O[C@]3(C(=O)O)CC(O)[C@@H](NC(C)=O)C([C@H](O)[C@H](O)CO)O3)C2O)[C@H](O)C1O)NC(=O)CCCCCCCCCCCCCCCCC. The van der Waals surface area contributed by atoms with Gasteiger partial charge in [-0.1, -0.05) is 180 Å². The summed E-state index contributed by atoms with van der Waals surface area (Å²) < 4.78 is 47.9. The van der Waals surface area contributed by atoms with Gasteiger partial charge in [-0.3, -0.25) is 14.4 Å². The molecule has 0 bridgehead atoms. The van der Waals surface area contributed by atoms with Crippen LogP contribution in [0.3, 0.4) is 0 Å². The molecule has 0 aliphatic carbocycles. The number of carbonyl (C=O) groups is 4. The van der Waals surface area contributed by atoms with Crippen molar-refractivity contribution in [1.82, 2.24) is 16.0 Å². The van der Waals surface area contributed by atoms with Gasteiger partial charge in [-0.15, -0.1) is 0 Å². The Kier molecular flexibility index (Phi) is 41.1. The van der Waals surface area contributed by atoms with Crippen LogP contribution in [0.25, 0.3) is 0 Å². The van der Waals surface area contributed by atoms with E-state index in [0.29, 0.717) is 12.8 Å². The van der Waals surface area contributed by atoms with Crippen molar-refractivity contribution >= 4 is 23.7 Å². The smallest absolute Gasteiger partial charge is 0.364 e. The van der Waals surface area contributed by atoms with Crippen molar-refractivity contribution in [1.29, 1.82) is 0 Å². The van der Waals surface area contributed by atoms with Crippen LogP contribution in [0.2, 0.25) is 0 Å². The number of aliphatic hydroxyl groups excluding tert-OH is 13. The zero-order valence-corrected chi connectivity index (χ0v) is 57.1. The van der Waals surface area contributed by atoms with Gasteiger partial charge >= 0.3 is 5.97 Å². The highest BCUT2D eigenvalue weighted by molar-refractivity contribution is 5.77. The first-order chi connectivity index (χ1) is 46.0. The molecule has 4 aliphatic heterocycles. The standard InChI is InChI=1S/C67H121N3O26/c1-5-7-9-11-13-15-17-19-20-22-24-26-28-30-32-34-50(80)70-43(44(77)33-31-29-27-25-23-21-18-16-14-12-10-8-6-2)40-89-64-57(85)56(84)59(48(38-73)91-64)93-65-58(86)62(60(49(39-74)92-65)94-63-52(69-42(4)76)55(83)54(82)47(37-72)90-63)96-67(66(87)88)35-45(78)51(68-41(3)75)61(95-67)53(81)46(79)36-71/h31,33,43-49,51-65,71-74,77-79,81-86H,5-30,32,34-40H2,1-4H3,(H,68,75)(H,69,76)(H,70,80)(H,87,88)/b33-31+/t43-,44+,45?,46+,47?,48?,49?,51+,52?,53+,54-,55+,56+,57?,58?,59+,60-,61?,62+,63-,64+,65-,67-/m0/s1. The van der Waals surface area contributed by atoms with E-state index < -0.39 is 198 Å². The van der Waals surface area contributed by atoms with Gasteiger partial charge in [0.15, 0.2) is 18.9 Å². The molecule has 0 aromatic carbocycles. The number of aliphatic hydroxyl groups is 13. The third-order valence-electron chi connectivity index (χ3n) is 18.5. The number of amides is 3. The first-order valence-corrected chi connectivity index (χ1v) is 35.6. The van der Waals surface area contributed by atoms with E-state index in [-0.39, 0.29) is 12.3 Å². The van der Waals surface area contributed by atoms with E-state index >= 15 is 0 Å². The number of rotatable bonds is 49. The van der Waals surface area contributed by atoms with Crippen LogP contribution in [0.5, 0.6) is 0 Å². The molecule has 4 rings (SSSR count). The lowest BCUT2D eigenvalue weighted by atomic mass is 9.88. The van der Waals surface area contributed by atoms with Gasteiger partial charge in [0.25, 0.3) is 5.79 Å². The summed E-state index contributed by atoms with van der Waals surface area (Å²) in [6.07, 6.45) is -4.64. The molecule has 29 nitrogen and oxygen atoms in total. The molecule has 8 unspecified atom stereocenters. The molecule has 4 fully saturated rings. The zero-order chi connectivity index (χ0) is 70.7. The Morgan fingerprint density at radius 1 is 0.542 bits per heavy atom. The van der Waals surface area contributed by atoms with E-state index in [1.807, 2.05) is 6.08 Å². The average molecular weight is 1380 g/mol. The lowest BCUT2D eigenvalue weighted by Gasteiger charge is -2.52. The van der Waals surface area contributed by atoms with Gasteiger partial charge < -0.3 is 125 Å². The van der Waals surface area contributed by atoms with Crippen molar-refractivity contribution in [3.63, 3.8) is 0 Å². The number of hydrogen-bond acceptors (Lipinski definition) is 25. The molecule has 0 aromatic rings. The summed E-state index contributed by atoms with van der Waals surface area (Å²) in [4.78, 5) is 51.9. The summed E-state index contributed by atoms with van der Waals surface area (Å²) in [5.41, 5.74) is 0. The molecule has 0 radical (unpaired) electrons. The first kappa shape index (κ1) is 85.2. The Balaban J connectivity index is 1.54. The fourth-order valence-electron chi connectivity index (χ4n) is 12.8. The van der Waals surface area contributed by atoms with Crippen LogP contribution >= 0.6 is 0 Å². The van der Waals surface area contributed by atoms with Crippen molar-refractivity contribution in [3.8, 4) is 0 Å². The fourth-order valence-corrected chi connectivity index (χ4v) is 12.8. The minimum atomic E-state index is -3.28. The molecular weight excluding hydrogens is 1260 g/mol. The van der Waals surface area contributed by atoms with E-state index in [4.69, 9.17) is 37.9 Å². The molecule has 96 heavy (non-hydrogen) atoms. The lowest BCUT2D eigenvalue weighted by molar-refractivity contribution is -0.401. The number of carboxylic acids is 1. The summed E-state index contributed by atoms with van der Waals surface area (Å²) in [6.45, 7) is 1.73. The van der Waals surface area contributed by atoms with E-state index in [0.717, 1.165) is 65.2 Å². The van der Waals surface area contributed by atoms with Crippen LogP contribution in [0.4, 0.5) is 0 Å². The minimum absolute atomic E-state index is 0.162. The maximum atomic E-state index is 13.6. The Morgan fingerprint density at radius 2 is 1.01 bits per heavy atom. The van der Waals surface area contributed by atoms with Crippen LogP contribution in [-0.2, 0) is 57.1 Å². The van der Waals surface area contributed by atoms with Crippen molar-refractivity contribution < 1.29 is 129 Å². The maximum absolute atomic E-state index is 13.6. The van der Waals surface area contributed by atoms with Crippen LogP contribution in [0, 0.1) is 0 Å². The molecule has 4 heterocycles. The lowest BCUT2D eigenvalue weighted by Crippen LogP contribution is -2.72. The van der Waals surface area contributed by atoms with Crippen LogP contribution in [0.1, 0.15) is 214 Å². The van der Waals surface area contributed by atoms with Crippen LogP contribution in [-0.4, -0.2) is 269 Å². The highest BCUT2D eigenvalue weighted by Gasteiger charge is 2.61.